The number of aliphatic imine (C=N–C) groups is 1. The van der Waals surface area contributed by atoms with Crippen molar-refractivity contribution in [1.82, 2.24) is 0 Å². The molecule has 0 fully saturated rings. The predicted octanol–water partition coefficient (Wildman–Crippen LogP) is 3.65. The Hall–Kier alpha value is -2.02. The molecule has 0 spiro atoms. The lowest BCUT2D eigenvalue weighted by molar-refractivity contribution is -0.137. The van der Waals surface area contributed by atoms with Gasteiger partial charge in [0.05, 0.1) is 16.9 Å². The summed E-state index contributed by atoms with van der Waals surface area (Å²) in [4.78, 5) is 13.0. The predicted molar refractivity (Wildman–Crippen MR) is 53.8 cm³/mol. The van der Waals surface area contributed by atoms with E-state index in [-0.39, 0.29) is 5.69 Å². The summed E-state index contributed by atoms with van der Waals surface area (Å²) >= 11 is 0. The normalized spacial score (nSPS) is 11.9. The molecule has 0 bridgehead atoms. The van der Waals surface area contributed by atoms with Crippen LogP contribution >= 0.6 is 0 Å². The van der Waals surface area contributed by atoms with Gasteiger partial charge in [0.15, 0.2) is 0 Å². The first-order valence-electron chi connectivity index (χ1n) is 4.73. The van der Waals surface area contributed by atoms with Crippen molar-refractivity contribution in [2.24, 2.45) is 4.99 Å². The molecule has 1 N–H and O–H groups in total. The lowest BCUT2D eigenvalue weighted by Crippen LogP contribution is -2.21. The molecule has 0 aliphatic rings. The highest BCUT2D eigenvalue weighted by atomic mass is 19.4. The van der Waals surface area contributed by atoms with Crippen LogP contribution < -0.4 is 5.32 Å². The number of carbonyl (C=O) groups excluding carboxylic acids is 1. The van der Waals surface area contributed by atoms with Gasteiger partial charge < -0.3 is 5.32 Å². The molecule has 0 heterocycles. The summed E-state index contributed by atoms with van der Waals surface area (Å²) in [5.41, 5.74) is -2.03. The van der Waals surface area contributed by atoms with Crippen molar-refractivity contribution in [2.45, 2.75) is 12.4 Å². The van der Waals surface area contributed by atoms with Gasteiger partial charge in [0, 0.05) is 0 Å². The van der Waals surface area contributed by atoms with Crippen LogP contribution in [0.15, 0.2) is 23.2 Å². The number of alkyl halides is 6. The Balaban J connectivity index is 3.09. The molecule has 0 amide bonds. The number of benzene rings is 1. The standard InChI is InChI=1S/C10H6F6N2O/c11-9(12,13)4-17-7-2-1-6(10(14,15)16)3-8(7)18-5-19/h1-3,17H,4H2. The fourth-order valence-electron chi connectivity index (χ4n) is 1.19. The minimum Gasteiger partial charge on any atom is -0.375 e. The van der Waals surface area contributed by atoms with Gasteiger partial charge in [0.1, 0.15) is 6.54 Å². The average molecular weight is 284 g/mol. The monoisotopic (exact) mass is 284 g/mol. The molecule has 0 unspecified atom stereocenters. The van der Waals surface area contributed by atoms with Gasteiger partial charge in [-0.05, 0) is 18.2 Å². The summed E-state index contributed by atoms with van der Waals surface area (Å²) in [6, 6.07) is 1.82. The number of anilines is 1. The van der Waals surface area contributed by atoms with Crippen LogP contribution in [-0.2, 0) is 11.0 Å². The zero-order valence-corrected chi connectivity index (χ0v) is 9.06. The third-order valence-electron chi connectivity index (χ3n) is 1.97. The zero-order valence-electron chi connectivity index (χ0n) is 9.06. The first-order chi connectivity index (χ1) is 8.63. The Morgan fingerprint density at radius 2 is 1.79 bits per heavy atom. The highest BCUT2D eigenvalue weighted by Crippen LogP contribution is 2.35. The molecule has 0 aromatic heterocycles. The average Bonchev–Trinajstić information content (AvgIpc) is 2.25. The van der Waals surface area contributed by atoms with E-state index >= 15 is 0 Å². The Labute approximate surface area is 102 Å². The maximum atomic E-state index is 12.4. The van der Waals surface area contributed by atoms with Crippen molar-refractivity contribution in [1.29, 1.82) is 0 Å². The SMILES string of the molecule is O=C=Nc1cc(C(F)(F)F)ccc1NCC(F)(F)F. The van der Waals surface area contributed by atoms with Gasteiger partial charge >= 0.3 is 12.4 Å². The topological polar surface area (TPSA) is 41.5 Å². The van der Waals surface area contributed by atoms with E-state index < -0.39 is 30.1 Å². The maximum Gasteiger partial charge on any atom is 0.416 e. The van der Waals surface area contributed by atoms with Gasteiger partial charge in [-0.15, -0.1) is 0 Å². The largest absolute Gasteiger partial charge is 0.416 e. The third kappa shape index (κ3) is 4.63. The number of isocyanates is 1. The highest BCUT2D eigenvalue weighted by molar-refractivity contribution is 5.69. The molecule has 19 heavy (non-hydrogen) atoms. The van der Waals surface area contributed by atoms with E-state index in [2.05, 4.69) is 4.99 Å². The number of nitrogens with zero attached hydrogens (tertiary/aromatic N) is 1. The highest BCUT2D eigenvalue weighted by Gasteiger charge is 2.32. The van der Waals surface area contributed by atoms with Crippen LogP contribution in [0.4, 0.5) is 37.7 Å². The molecule has 0 radical (unpaired) electrons. The summed E-state index contributed by atoms with van der Waals surface area (Å²) in [6.07, 6.45) is -8.25. The van der Waals surface area contributed by atoms with Gasteiger partial charge in [-0.1, -0.05) is 0 Å². The van der Waals surface area contributed by atoms with Crippen LogP contribution in [0.3, 0.4) is 0 Å². The number of halogens is 6. The Kier molecular flexibility index (Phi) is 4.21. The van der Waals surface area contributed by atoms with Crippen molar-refractivity contribution in [3.8, 4) is 0 Å². The molecule has 0 aliphatic heterocycles. The zero-order chi connectivity index (χ0) is 14.7. The Morgan fingerprint density at radius 1 is 1.16 bits per heavy atom. The Bertz CT molecular complexity index is 502. The molecule has 104 valence electrons. The number of hydrogen-bond acceptors (Lipinski definition) is 3. The summed E-state index contributed by atoms with van der Waals surface area (Å²) < 4.78 is 73.1. The van der Waals surface area contributed by atoms with Gasteiger partial charge in [-0.25, -0.2) is 4.79 Å². The second-order valence-corrected chi connectivity index (χ2v) is 3.40. The van der Waals surface area contributed by atoms with Crippen LogP contribution in [0.1, 0.15) is 5.56 Å². The second kappa shape index (κ2) is 5.31. The Morgan fingerprint density at radius 3 is 2.26 bits per heavy atom. The van der Waals surface area contributed by atoms with Crippen LogP contribution in [0.2, 0.25) is 0 Å². The van der Waals surface area contributed by atoms with Gasteiger partial charge in [-0.2, -0.15) is 31.3 Å². The van der Waals surface area contributed by atoms with Crippen molar-refractivity contribution >= 4 is 17.5 Å². The molecule has 1 rings (SSSR count). The number of hydrogen-bond donors (Lipinski definition) is 1. The molecule has 3 nitrogen and oxygen atoms in total. The summed E-state index contributed by atoms with van der Waals surface area (Å²) in [7, 11) is 0. The maximum absolute atomic E-state index is 12.4. The summed E-state index contributed by atoms with van der Waals surface area (Å²) in [5, 5.41) is 1.85. The molecule has 0 saturated heterocycles. The fraction of sp³-hybridized carbons (Fsp3) is 0.300. The molecule has 0 saturated carbocycles. The van der Waals surface area contributed by atoms with Gasteiger partial charge in [-0.3, -0.25) is 0 Å². The first kappa shape index (κ1) is 15.0. The van der Waals surface area contributed by atoms with E-state index in [4.69, 9.17) is 0 Å². The molecular formula is C10H6F6N2O. The first-order valence-corrected chi connectivity index (χ1v) is 4.73. The van der Waals surface area contributed by atoms with E-state index in [1.807, 2.05) is 5.32 Å². The number of rotatable bonds is 3. The van der Waals surface area contributed by atoms with Crippen LogP contribution in [0.5, 0.6) is 0 Å². The molecule has 1 aromatic carbocycles. The van der Waals surface area contributed by atoms with E-state index in [1.165, 1.54) is 0 Å². The molecule has 9 heteroatoms. The van der Waals surface area contributed by atoms with Crippen molar-refractivity contribution in [3.63, 3.8) is 0 Å². The van der Waals surface area contributed by atoms with E-state index in [9.17, 15) is 31.1 Å². The minimum absolute atomic E-state index is 0.339. The fourth-order valence-corrected chi connectivity index (χ4v) is 1.19. The summed E-state index contributed by atoms with van der Waals surface area (Å²) in [6.45, 7) is -1.46. The quantitative estimate of drug-likeness (QED) is 0.523. The van der Waals surface area contributed by atoms with E-state index in [1.54, 1.807) is 0 Å². The smallest absolute Gasteiger partial charge is 0.375 e. The molecule has 0 atom stereocenters. The molecule has 1 aromatic rings. The lowest BCUT2D eigenvalue weighted by Gasteiger charge is -2.13. The van der Waals surface area contributed by atoms with Gasteiger partial charge in [0.25, 0.3) is 0 Å². The lowest BCUT2D eigenvalue weighted by atomic mass is 10.1. The molecule has 0 aliphatic carbocycles. The second-order valence-electron chi connectivity index (χ2n) is 3.40. The van der Waals surface area contributed by atoms with Crippen molar-refractivity contribution in [2.75, 3.05) is 11.9 Å². The van der Waals surface area contributed by atoms with E-state index in [0.717, 1.165) is 12.1 Å². The summed E-state index contributed by atoms with van der Waals surface area (Å²) in [5.74, 6) is 0. The van der Waals surface area contributed by atoms with Gasteiger partial charge in [0.2, 0.25) is 6.08 Å². The minimum atomic E-state index is -4.68. The van der Waals surface area contributed by atoms with Crippen LogP contribution in [0.25, 0.3) is 0 Å². The number of nitrogens with one attached hydrogen (secondary N) is 1. The van der Waals surface area contributed by atoms with Crippen LogP contribution in [-0.4, -0.2) is 18.8 Å². The van der Waals surface area contributed by atoms with Crippen LogP contribution in [0, 0.1) is 0 Å². The van der Waals surface area contributed by atoms with Crippen molar-refractivity contribution in [3.05, 3.63) is 23.8 Å². The van der Waals surface area contributed by atoms with Crippen molar-refractivity contribution < 1.29 is 31.1 Å². The van der Waals surface area contributed by atoms with E-state index in [0.29, 0.717) is 12.1 Å². The molecular weight excluding hydrogens is 278 g/mol. The third-order valence-corrected chi connectivity index (χ3v) is 1.97.